The van der Waals surface area contributed by atoms with E-state index in [1.54, 1.807) is 0 Å². The lowest BCUT2D eigenvalue weighted by Crippen LogP contribution is -2.09. The van der Waals surface area contributed by atoms with Gasteiger partial charge in [-0.25, -0.2) is 0 Å². The predicted molar refractivity (Wildman–Crippen MR) is 58.0 cm³/mol. The number of nitrogens with two attached hydrogens (primary N) is 1. The zero-order valence-electron chi connectivity index (χ0n) is 8.58. The van der Waals surface area contributed by atoms with E-state index in [9.17, 15) is 4.79 Å². The quantitative estimate of drug-likeness (QED) is 0.770. The third-order valence-corrected chi connectivity index (χ3v) is 2.10. The van der Waals surface area contributed by atoms with Crippen LogP contribution in [0.3, 0.4) is 0 Å². The molecule has 0 fully saturated rings. The molecule has 1 aromatic carbocycles. The van der Waals surface area contributed by atoms with Gasteiger partial charge in [-0.3, -0.25) is 4.79 Å². The molecule has 0 radical (unpaired) electrons. The Morgan fingerprint density at radius 3 is 2.43 bits per heavy atom. The van der Waals surface area contributed by atoms with E-state index in [1.807, 2.05) is 31.2 Å². The van der Waals surface area contributed by atoms with Gasteiger partial charge in [0.1, 0.15) is 0 Å². The van der Waals surface area contributed by atoms with Crippen molar-refractivity contribution in [3.05, 3.63) is 29.8 Å². The van der Waals surface area contributed by atoms with Crippen molar-refractivity contribution in [2.24, 2.45) is 5.73 Å². The molecule has 0 aliphatic rings. The monoisotopic (exact) mass is 192 g/mol. The summed E-state index contributed by atoms with van der Waals surface area (Å²) in [6.07, 6.45) is 0.916. The predicted octanol–water partition coefficient (Wildman–Crippen LogP) is 2.05. The van der Waals surface area contributed by atoms with Gasteiger partial charge in [0.2, 0.25) is 5.91 Å². The number of anilines is 1. The van der Waals surface area contributed by atoms with Gasteiger partial charge in [-0.15, -0.1) is 0 Å². The minimum absolute atomic E-state index is 0.0578. The third-order valence-electron chi connectivity index (χ3n) is 2.10. The van der Waals surface area contributed by atoms with Crippen molar-refractivity contribution in [1.82, 2.24) is 0 Å². The van der Waals surface area contributed by atoms with E-state index in [0.717, 1.165) is 17.7 Å². The molecule has 1 aromatic rings. The fourth-order valence-electron chi connectivity index (χ4n) is 1.25. The number of amides is 1. The van der Waals surface area contributed by atoms with Crippen molar-refractivity contribution in [3.63, 3.8) is 0 Å². The third kappa shape index (κ3) is 2.85. The highest BCUT2D eigenvalue weighted by molar-refractivity contribution is 5.88. The molecular formula is C11H16N2O. The summed E-state index contributed by atoms with van der Waals surface area (Å²) < 4.78 is 0. The van der Waals surface area contributed by atoms with Crippen molar-refractivity contribution in [3.8, 4) is 0 Å². The second-order valence-electron chi connectivity index (χ2n) is 3.32. The molecule has 76 valence electrons. The number of hydrogen-bond acceptors (Lipinski definition) is 2. The Hall–Kier alpha value is -1.35. The molecule has 0 aliphatic heterocycles. The summed E-state index contributed by atoms with van der Waals surface area (Å²) in [6, 6.07) is 7.71. The highest BCUT2D eigenvalue weighted by atomic mass is 16.1. The van der Waals surface area contributed by atoms with Gasteiger partial charge in [0.05, 0.1) is 0 Å². The molecule has 3 heteroatoms. The largest absolute Gasteiger partial charge is 0.326 e. The zero-order chi connectivity index (χ0) is 10.6. The van der Waals surface area contributed by atoms with Gasteiger partial charge in [0.25, 0.3) is 0 Å². The maximum atomic E-state index is 10.8. The molecule has 0 saturated heterocycles. The maximum absolute atomic E-state index is 10.8. The van der Waals surface area contributed by atoms with Crippen molar-refractivity contribution >= 4 is 11.6 Å². The number of carbonyl (C=O) groups excluding carboxylic acids is 1. The van der Waals surface area contributed by atoms with E-state index in [4.69, 9.17) is 5.73 Å². The first-order valence-corrected chi connectivity index (χ1v) is 4.76. The first-order valence-electron chi connectivity index (χ1n) is 4.76. The van der Waals surface area contributed by atoms with Crippen LogP contribution < -0.4 is 11.1 Å². The number of nitrogens with one attached hydrogen (secondary N) is 1. The molecule has 0 spiro atoms. The van der Waals surface area contributed by atoms with Crippen LogP contribution in [0.15, 0.2) is 24.3 Å². The zero-order valence-corrected chi connectivity index (χ0v) is 8.58. The summed E-state index contributed by atoms with van der Waals surface area (Å²) in [5, 5.41) is 2.71. The Morgan fingerprint density at radius 2 is 2.00 bits per heavy atom. The van der Waals surface area contributed by atoms with Crippen LogP contribution in [0.5, 0.6) is 0 Å². The molecule has 3 N–H and O–H groups in total. The SMILES string of the molecule is CCC(N)c1ccc(NC(C)=O)cc1. The highest BCUT2D eigenvalue weighted by Crippen LogP contribution is 2.16. The van der Waals surface area contributed by atoms with Gasteiger partial charge in [0.15, 0.2) is 0 Å². The van der Waals surface area contributed by atoms with Crippen molar-refractivity contribution in [2.45, 2.75) is 26.3 Å². The second-order valence-corrected chi connectivity index (χ2v) is 3.32. The first kappa shape index (κ1) is 10.7. The fourth-order valence-corrected chi connectivity index (χ4v) is 1.25. The van der Waals surface area contributed by atoms with E-state index in [-0.39, 0.29) is 11.9 Å². The van der Waals surface area contributed by atoms with Crippen LogP contribution in [-0.2, 0) is 4.79 Å². The molecule has 0 heterocycles. The molecule has 0 saturated carbocycles. The molecule has 1 unspecified atom stereocenters. The van der Waals surface area contributed by atoms with Gasteiger partial charge < -0.3 is 11.1 Å². The van der Waals surface area contributed by atoms with Gasteiger partial charge in [-0.2, -0.15) is 0 Å². The lowest BCUT2D eigenvalue weighted by atomic mass is 10.1. The van der Waals surface area contributed by atoms with Crippen molar-refractivity contribution in [1.29, 1.82) is 0 Å². The summed E-state index contributed by atoms with van der Waals surface area (Å²) in [6.45, 7) is 3.54. The lowest BCUT2D eigenvalue weighted by Gasteiger charge is -2.09. The summed E-state index contributed by atoms with van der Waals surface area (Å²) in [5.74, 6) is -0.0578. The molecular weight excluding hydrogens is 176 g/mol. The fraction of sp³-hybridized carbons (Fsp3) is 0.364. The van der Waals surface area contributed by atoms with Crippen LogP contribution >= 0.6 is 0 Å². The van der Waals surface area contributed by atoms with Crippen LogP contribution in [0.25, 0.3) is 0 Å². The summed E-state index contributed by atoms with van der Waals surface area (Å²) in [7, 11) is 0. The van der Waals surface area contributed by atoms with E-state index in [0.29, 0.717) is 0 Å². The van der Waals surface area contributed by atoms with Crippen LogP contribution in [0.1, 0.15) is 31.9 Å². The number of benzene rings is 1. The van der Waals surface area contributed by atoms with Gasteiger partial charge >= 0.3 is 0 Å². The van der Waals surface area contributed by atoms with E-state index in [1.165, 1.54) is 6.92 Å². The average Bonchev–Trinajstić information content (AvgIpc) is 2.17. The second kappa shape index (κ2) is 4.77. The summed E-state index contributed by atoms with van der Waals surface area (Å²) in [5.41, 5.74) is 7.77. The van der Waals surface area contributed by atoms with Crippen LogP contribution in [0.4, 0.5) is 5.69 Å². The number of rotatable bonds is 3. The minimum atomic E-state index is -0.0578. The molecule has 14 heavy (non-hydrogen) atoms. The van der Waals surface area contributed by atoms with Gasteiger partial charge in [-0.1, -0.05) is 19.1 Å². The Balaban J connectivity index is 2.73. The van der Waals surface area contributed by atoms with Crippen LogP contribution in [0, 0.1) is 0 Å². The van der Waals surface area contributed by atoms with Crippen LogP contribution in [-0.4, -0.2) is 5.91 Å². The molecule has 1 rings (SSSR count). The van der Waals surface area contributed by atoms with E-state index < -0.39 is 0 Å². The molecule has 1 amide bonds. The van der Waals surface area contributed by atoms with Crippen molar-refractivity contribution in [2.75, 3.05) is 5.32 Å². The molecule has 1 atom stereocenters. The summed E-state index contributed by atoms with van der Waals surface area (Å²) in [4.78, 5) is 10.8. The molecule has 0 aliphatic carbocycles. The van der Waals surface area contributed by atoms with Gasteiger partial charge in [-0.05, 0) is 24.1 Å². The summed E-state index contributed by atoms with van der Waals surface area (Å²) >= 11 is 0. The number of carbonyl (C=O) groups is 1. The van der Waals surface area contributed by atoms with Gasteiger partial charge in [0, 0.05) is 18.7 Å². The molecule has 0 aromatic heterocycles. The topological polar surface area (TPSA) is 55.1 Å². The Labute approximate surface area is 84.3 Å². The maximum Gasteiger partial charge on any atom is 0.221 e. The molecule has 0 bridgehead atoms. The van der Waals surface area contributed by atoms with Crippen molar-refractivity contribution < 1.29 is 4.79 Å². The molecule has 3 nitrogen and oxygen atoms in total. The number of hydrogen-bond donors (Lipinski definition) is 2. The normalized spacial score (nSPS) is 12.2. The first-order chi connectivity index (χ1) is 6.63. The lowest BCUT2D eigenvalue weighted by molar-refractivity contribution is -0.114. The smallest absolute Gasteiger partial charge is 0.221 e. The Morgan fingerprint density at radius 1 is 1.43 bits per heavy atom. The van der Waals surface area contributed by atoms with E-state index in [2.05, 4.69) is 5.32 Å². The average molecular weight is 192 g/mol. The van der Waals surface area contributed by atoms with Crippen LogP contribution in [0.2, 0.25) is 0 Å². The Bertz CT molecular complexity index is 306. The van der Waals surface area contributed by atoms with E-state index >= 15 is 0 Å². The highest BCUT2D eigenvalue weighted by Gasteiger charge is 2.02. The minimum Gasteiger partial charge on any atom is -0.326 e. The standard InChI is InChI=1S/C11H16N2O/c1-3-11(12)9-4-6-10(7-5-9)13-8(2)14/h4-7,11H,3,12H2,1-2H3,(H,13,14). The Kier molecular flexibility index (Phi) is 3.65.